The van der Waals surface area contributed by atoms with Crippen LogP contribution in [0.15, 0.2) is 267 Å². The Morgan fingerprint density at radius 3 is 0.861 bits per heavy atom. The Balaban J connectivity index is 0.000000189. The molecule has 24 heteroatoms. The number of ketones is 4. The third-order valence-corrected chi connectivity index (χ3v) is 24.7. The zero-order valence-corrected chi connectivity index (χ0v) is 81.8. The van der Waals surface area contributed by atoms with Gasteiger partial charge in [-0.15, -0.1) is 0 Å². The van der Waals surface area contributed by atoms with E-state index in [-0.39, 0.29) is 65.1 Å². The van der Waals surface area contributed by atoms with Crippen molar-refractivity contribution < 1.29 is 76.7 Å². The van der Waals surface area contributed by atoms with Crippen molar-refractivity contribution >= 4 is 109 Å². The third-order valence-electron chi connectivity index (χ3n) is 23.9. The van der Waals surface area contributed by atoms with E-state index in [0.29, 0.717) is 91.3 Å². The Hall–Kier alpha value is -11.8. The minimum Gasteiger partial charge on any atom is -0.345 e. The summed E-state index contributed by atoms with van der Waals surface area (Å²) >= 11 is 18.2. The molecule has 12 aromatic rings. The Bertz CT molecular complexity index is 5940. The summed E-state index contributed by atoms with van der Waals surface area (Å²) in [5.74, 6) is 0.101. The lowest BCUT2D eigenvalue weighted by molar-refractivity contribution is -0.138. The van der Waals surface area contributed by atoms with E-state index >= 15 is 0 Å². The maximum absolute atomic E-state index is 13.5. The van der Waals surface area contributed by atoms with E-state index in [1.54, 1.807) is 87.2 Å². The molecule has 2 unspecified atom stereocenters. The van der Waals surface area contributed by atoms with Gasteiger partial charge in [0.1, 0.15) is 23.1 Å². The van der Waals surface area contributed by atoms with Gasteiger partial charge in [-0.1, -0.05) is 195 Å². The molecule has 1 aliphatic rings. The smallest absolute Gasteiger partial charge is 0.345 e. The minimum atomic E-state index is -4.45. The molecule has 0 aliphatic carbocycles. The van der Waals surface area contributed by atoms with Crippen LogP contribution in [0.4, 0.5) is 98.2 Å². The lowest BCUT2D eigenvalue weighted by atomic mass is 9.85. The number of benzene rings is 12. The van der Waals surface area contributed by atoms with Crippen LogP contribution in [0.25, 0.3) is 44.5 Å². The zero-order valence-electron chi connectivity index (χ0n) is 79.5. The second kappa shape index (κ2) is 46.6. The highest BCUT2D eigenvalue weighted by molar-refractivity contribution is 6.31. The molecule has 0 spiro atoms. The number of alkyl halides is 12. The average molecular weight is 1940 g/mol. The van der Waals surface area contributed by atoms with Gasteiger partial charge in [0.25, 0.3) is 0 Å². The van der Waals surface area contributed by atoms with Gasteiger partial charge in [0, 0.05) is 111 Å². The lowest BCUT2D eigenvalue weighted by Crippen LogP contribution is -2.27. The van der Waals surface area contributed by atoms with E-state index in [1.165, 1.54) is 54.1 Å². The van der Waals surface area contributed by atoms with E-state index < -0.39 is 52.9 Å². The van der Waals surface area contributed by atoms with Crippen LogP contribution in [-0.4, -0.2) is 49.7 Å². The summed E-state index contributed by atoms with van der Waals surface area (Å²) in [7, 11) is 3.81. The van der Waals surface area contributed by atoms with Crippen molar-refractivity contribution in [2.45, 2.75) is 184 Å². The molecule has 1 aliphatic heterocycles. The molecule has 0 fully saturated rings. The number of Topliss-reactive ketones (excluding diaryl/α,β-unsaturated/α-hetero) is 4. The highest BCUT2D eigenvalue weighted by Gasteiger charge is 2.36. The number of para-hydroxylation sites is 1. The maximum Gasteiger partial charge on any atom is 0.416 e. The van der Waals surface area contributed by atoms with Crippen LogP contribution in [0, 0.1) is 29.6 Å². The van der Waals surface area contributed by atoms with Gasteiger partial charge >= 0.3 is 24.7 Å². The first kappa shape index (κ1) is 107. The predicted octanol–water partition coefficient (Wildman–Crippen LogP) is 34.3. The number of anilines is 8. The maximum atomic E-state index is 13.5. The Kier molecular flexibility index (Phi) is 36.5. The van der Waals surface area contributed by atoms with Gasteiger partial charge in [0.15, 0.2) is 0 Å². The molecule has 722 valence electrons. The predicted molar refractivity (Wildman–Crippen MR) is 533 cm³/mol. The molecule has 0 N–H and O–H groups in total. The highest BCUT2D eigenvalue weighted by Crippen LogP contribution is 2.46. The molecule has 137 heavy (non-hydrogen) atoms. The molecule has 0 radical (unpaired) electrons. The summed E-state index contributed by atoms with van der Waals surface area (Å²) < 4.78 is 157. The summed E-state index contributed by atoms with van der Waals surface area (Å²) in [5, 5.41) is 1.78. The third kappa shape index (κ3) is 29.6. The first-order valence-electron chi connectivity index (χ1n) is 45.5. The normalized spacial score (nSPS) is 13.1. The van der Waals surface area contributed by atoms with Crippen LogP contribution in [0.3, 0.4) is 0 Å². The lowest BCUT2D eigenvalue weighted by Gasteiger charge is -2.27. The number of nitrogens with zero attached hydrogens (tertiary/aromatic N) is 4. The number of carbonyl (C=O) groups excluding carboxylic acids is 5. The van der Waals surface area contributed by atoms with Crippen LogP contribution in [0.1, 0.15) is 203 Å². The molecular weight excluding hydrogens is 1830 g/mol. The fraction of sp³-hybridized carbons (Fsp3) is 0.319. The number of fused-ring (bicyclic) bond motifs is 1. The molecule has 0 saturated carbocycles. The van der Waals surface area contributed by atoms with Crippen molar-refractivity contribution in [2.24, 2.45) is 29.6 Å². The number of hydrogen-bond acceptors (Lipinski definition) is 8. The molecule has 12 aromatic carbocycles. The summed E-state index contributed by atoms with van der Waals surface area (Å²) in [6.45, 7) is 27.6. The van der Waals surface area contributed by atoms with E-state index in [4.69, 9.17) is 34.8 Å². The van der Waals surface area contributed by atoms with Crippen LogP contribution in [0.2, 0.25) is 15.1 Å². The van der Waals surface area contributed by atoms with Crippen molar-refractivity contribution in [1.29, 1.82) is 0 Å². The highest BCUT2D eigenvalue weighted by atomic mass is 35.5. The van der Waals surface area contributed by atoms with E-state index in [1.807, 2.05) is 149 Å². The van der Waals surface area contributed by atoms with Crippen LogP contribution in [-0.2, 0) is 55.1 Å². The average Bonchev–Trinajstić information content (AvgIpc) is 1.66. The summed E-state index contributed by atoms with van der Waals surface area (Å²) in [6.07, 6.45) is -13.7. The largest absolute Gasteiger partial charge is 0.416 e. The quantitative estimate of drug-likeness (QED) is 0.0428. The molecule has 9 nitrogen and oxygen atoms in total. The number of halogens is 15. The topological polar surface area (TPSA) is 98.3 Å². The Morgan fingerprint density at radius 1 is 0.307 bits per heavy atom. The fourth-order valence-electron chi connectivity index (χ4n) is 16.8. The second-order valence-corrected chi connectivity index (χ2v) is 38.4. The van der Waals surface area contributed by atoms with Crippen molar-refractivity contribution in [1.82, 2.24) is 0 Å². The fourth-order valence-corrected chi connectivity index (χ4v) is 17.2. The molecular formula is C113H115Cl3F12N4O5. The van der Waals surface area contributed by atoms with Crippen molar-refractivity contribution in [3.05, 3.63) is 332 Å². The number of hydrogen-bond donors (Lipinski definition) is 0. The van der Waals surface area contributed by atoms with E-state index in [0.717, 1.165) is 141 Å². The molecule has 4 atom stereocenters. The SMILES string of the molecule is CC(=O)C(CC(C)C)c1cc(-c2ccc(C(F)(F)F)cc2)cc(N(C(=O)CC(C)C)c2ccc(Cl)cc2)c1.CC(=O)C(CC(C)C)c1cc(-c2ccc(C(F)(F)F)cc2)cc(N2CCc3ccccc32)c1.CC(=O)[C@@H](CC(C)C)c1cc(-c2ccc(C(F)(F)F)cc2)cc(N(C)c2ccc(Cl)cc2)c1.CC(=O)[C@H](CC(C)C)c1cc(-c2ccc(C(F)(F)F)cc2)cc(N(C)c2ccc(Cl)cc2)c1. The molecule has 1 amide bonds. The molecule has 13 rings (SSSR count). The van der Waals surface area contributed by atoms with E-state index in [2.05, 4.69) is 64.6 Å². The van der Waals surface area contributed by atoms with Crippen LogP contribution in [0.5, 0.6) is 0 Å². The summed E-state index contributed by atoms with van der Waals surface area (Å²) in [5.41, 5.74) is 14.0. The van der Waals surface area contributed by atoms with Crippen LogP contribution >= 0.6 is 34.8 Å². The zero-order chi connectivity index (χ0) is 101. The number of amides is 1. The van der Waals surface area contributed by atoms with Crippen LogP contribution < -0.4 is 19.6 Å². The molecule has 0 aromatic heterocycles. The van der Waals surface area contributed by atoms with Crippen molar-refractivity contribution in [3.63, 3.8) is 0 Å². The standard InChI is InChI=1S/C31H33ClF3NO2.C28H28F3NO.2C27H27ClF3NO/c1-19(2)14-29(21(5)37)24-16-23(22-6-8-25(9-7-22)31(33,34)35)17-28(18-24)36(30(38)15-20(3)4)27-12-10-26(32)11-13-27;1-18(2)14-26(19(3)33)23-15-22(20-8-10-24(11-9-20)28(29,30)31)16-25(17-23)32-13-12-21-6-4-5-7-27(21)32;2*1-17(2)13-26(18(3)33)21-14-20(19-5-7-22(8-6-19)27(29,30)31)15-25(16-21)32(4)24-11-9-23(28)10-12-24/h6-13,16-20,29H,14-15H2,1-5H3;4-11,15-18,26H,12-14H2,1-3H3;2*5-12,14-17,26H,13H2,1-4H3/t;;2*26-/m..10/s1. The van der Waals surface area contributed by atoms with Gasteiger partial charge in [-0.3, -0.25) is 28.9 Å². The number of rotatable bonds is 29. The Morgan fingerprint density at radius 2 is 0.577 bits per heavy atom. The molecule has 0 saturated heterocycles. The Labute approximate surface area is 811 Å². The van der Waals surface area contributed by atoms with E-state index in [9.17, 15) is 76.7 Å². The monoisotopic (exact) mass is 1940 g/mol. The first-order valence-corrected chi connectivity index (χ1v) is 46.7. The van der Waals surface area contributed by atoms with Gasteiger partial charge in [0.2, 0.25) is 5.91 Å². The van der Waals surface area contributed by atoms with Crippen molar-refractivity contribution in [3.8, 4) is 44.5 Å². The summed E-state index contributed by atoms with van der Waals surface area (Å²) in [6, 6.07) is 73.4. The number of carbonyl (C=O) groups is 5. The summed E-state index contributed by atoms with van der Waals surface area (Å²) in [4.78, 5) is 71.7. The minimum absolute atomic E-state index is 0.0132. The van der Waals surface area contributed by atoms with Gasteiger partial charge in [-0.05, 0) is 338 Å². The van der Waals surface area contributed by atoms with Crippen molar-refractivity contribution in [2.75, 3.05) is 40.2 Å². The van der Waals surface area contributed by atoms with Gasteiger partial charge in [0.05, 0.1) is 22.3 Å². The second-order valence-electron chi connectivity index (χ2n) is 37.1. The first-order chi connectivity index (χ1) is 64.3. The molecule has 0 bridgehead atoms. The van der Waals surface area contributed by atoms with Gasteiger partial charge < -0.3 is 14.7 Å². The van der Waals surface area contributed by atoms with Gasteiger partial charge in [-0.2, -0.15) is 52.7 Å². The molecule has 1 heterocycles. The van der Waals surface area contributed by atoms with Gasteiger partial charge in [-0.25, -0.2) is 0 Å².